The van der Waals surface area contributed by atoms with E-state index in [9.17, 15) is 9.59 Å². The maximum Gasteiger partial charge on any atom is 0.358 e. The third-order valence-electron chi connectivity index (χ3n) is 2.42. The van der Waals surface area contributed by atoms with Gasteiger partial charge in [-0.05, 0) is 23.8 Å². The second kappa shape index (κ2) is 6.62. The molecule has 2 N–H and O–H groups in total. The smallest absolute Gasteiger partial charge is 0.358 e. The van der Waals surface area contributed by atoms with Gasteiger partial charge in [-0.1, -0.05) is 23.7 Å². The molecule has 0 fully saturated rings. The molecule has 1 aromatic heterocycles. The molecule has 0 bridgehead atoms. The van der Waals surface area contributed by atoms with Crippen LogP contribution >= 0.6 is 11.6 Å². The van der Waals surface area contributed by atoms with E-state index in [-0.39, 0.29) is 11.5 Å². The predicted molar refractivity (Wildman–Crippen MR) is 78.1 cm³/mol. The van der Waals surface area contributed by atoms with Gasteiger partial charge in [0.25, 0.3) is 0 Å². The van der Waals surface area contributed by atoms with Crippen molar-refractivity contribution in [2.45, 2.75) is 0 Å². The Labute approximate surface area is 125 Å². The van der Waals surface area contributed by atoms with Gasteiger partial charge in [-0.3, -0.25) is 4.79 Å². The number of benzene rings is 1. The molecule has 0 radical (unpaired) electrons. The number of hydrogen-bond donors (Lipinski definition) is 2. The highest BCUT2D eigenvalue weighted by Gasteiger charge is 2.13. The summed E-state index contributed by atoms with van der Waals surface area (Å²) in [7, 11) is 0. The average Bonchev–Trinajstić information content (AvgIpc) is 2.45. The molecular formula is C14H10ClN3O3. The van der Waals surface area contributed by atoms with Gasteiger partial charge in [0.05, 0.1) is 0 Å². The van der Waals surface area contributed by atoms with E-state index < -0.39 is 11.9 Å². The van der Waals surface area contributed by atoms with Gasteiger partial charge in [0.1, 0.15) is 0 Å². The van der Waals surface area contributed by atoms with Crippen molar-refractivity contribution < 1.29 is 14.7 Å². The van der Waals surface area contributed by atoms with Crippen LogP contribution in [0, 0.1) is 0 Å². The normalized spacial score (nSPS) is 10.5. The molecule has 2 rings (SSSR count). The molecule has 7 heteroatoms. The number of aromatic carboxylic acids is 1. The summed E-state index contributed by atoms with van der Waals surface area (Å²) in [6.07, 6.45) is 5.34. The lowest BCUT2D eigenvalue weighted by Crippen LogP contribution is -2.14. The first-order valence-corrected chi connectivity index (χ1v) is 6.23. The maximum atomic E-state index is 11.8. The number of amides is 1. The summed E-state index contributed by atoms with van der Waals surface area (Å²) >= 11 is 5.83. The summed E-state index contributed by atoms with van der Waals surface area (Å²) in [4.78, 5) is 30.1. The number of rotatable bonds is 4. The van der Waals surface area contributed by atoms with Crippen molar-refractivity contribution in [1.82, 2.24) is 9.97 Å². The second-order valence-corrected chi connectivity index (χ2v) is 4.37. The number of nitrogens with one attached hydrogen (secondary N) is 1. The number of carbonyl (C=O) groups excluding carboxylic acids is 1. The van der Waals surface area contributed by atoms with Gasteiger partial charge in [0.2, 0.25) is 5.91 Å². The number of halogens is 1. The molecule has 6 nitrogen and oxygen atoms in total. The summed E-state index contributed by atoms with van der Waals surface area (Å²) in [6.45, 7) is 0. The predicted octanol–water partition coefficient (Wildman–Crippen LogP) is 2.48. The van der Waals surface area contributed by atoms with Gasteiger partial charge in [0.15, 0.2) is 11.5 Å². The van der Waals surface area contributed by atoms with E-state index in [1.165, 1.54) is 18.5 Å². The Morgan fingerprint density at radius 2 is 2.00 bits per heavy atom. The molecule has 1 amide bonds. The topological polar surface area (TPSA) is 92.2 Å². The fourth-order valence-corrected chi connectivity index (χ4v) is 1.73. The quantitative estimate of drug-likeness (QED) is 0.847. The van der Waals surface area contributed by atoms with Gasteiger partial charge in [-0.15, -0.1) is 0 Å². The summed E-state index contributed by atoms with van der Waals surface area (Å²) in [5.41, 5.74) is 0.428. The molecule has 106 valence electrons. The SMILES string of the molecule is O=C(C=Cc1cccc(Cl)c1)Nc1nccnc1C(=O)O. The van der Waals surface area contributed by atoms with Crippen LogP contribution in [0.1, 0.15) is 16.1 Å². The van der Waals surface area contributed by atoms with Crippen molar-refractivity contribution in [1.29, 1.82) is 0 Å². The highest BCUT2D eigenvalue weighted by atomic mass is 35.5. The number of anilines is 1. The monoisotopic (exact) mass is 303 g/mol. The molecule has 0 atom stereocenters. The van der Waals surface area contributed by atoms with E-state index in [1.807, 2.05) is 0 Å². The first kappa shape index (κ1) is 14.7. The summed E-state index contributed by atoms with van der Waals surface area (Å²) in [5, 5.41) is 11.8. The Bertz CT molecular complexity index is 716. The number of carboxylic acids is 1. The van der Waals surface area contributed by atoms with E-state index in [4.69, 9.17) is 16.7 Å². The van der Waals surface area contributed by atoms with Crippen LogP contribution in [0.4, 0.5) is 5.82 Å². The largest absolute Gasteiger partial charge is 0.476 e. The van der Waals surface area contributed by atoms with Crippen LogP contribution in [-0.4, -0.2) is 27.0 Å². The molecule has 2 aromatic rings. The highest BCUT2D eigenvalue weighted by molar-refractivity contribution is 6.30. The number of carbonyl (C=O) groups is 2. The Balaban J connectivity index is 2.10. The number of carboxylic acid groups (broad SMARTS) is 1. The van der Waals surface area contributed by atoms with Crippen molar-refractivity contribution >= 4 is 35.4 Å². The minimum atomic E-state index is -1.27. The molecule has 0 saturated carbocycles. The van der Waals surface area contributed by atoms with Crippen molar-refractivity contribution in [3.05, 3.63) is 59.0 Å². The van der Waals surface area contributed by atoms with E-state index in [1.54, 1.807) is 30.3 Å². The Morgan fingerprint density at radius 1 is 1.24 bits per heavy atom. The van der Waals surface area contributed by atoms with Gasteiger partial charge in [-0.25, -0.2) is 14.8 Å². The van der Waals surface area contributed by atoms with Crippen LogP contribution in [0.2, 0.25) is 5.02 Å². The zero-order valence-corrected chi connectivity index (χ0v) is 11.4. The second-order valence-electron chi connectivity index (χ2n) is 3.94. The summed E-state index contributed by atoms with van der Waals surface area (Å²) in [6, 6.07) is 6.94. The minimum absolute atomic E-state index is 0.106. The first-order chi connectivity index (χ1) is 10.1. The van der Waals surface area contributed by atoms with Crippen LogP contribution in [0.15, 0.2) is 42.7 Å². The molecule has 21 heavy (non-hydrogen) atoms. The average molecular weight is 304 g/mol. The first-order valence-electron chi connectivity index (χ1n) is 5.85. The molecule has 1 aromatic carbocycles. The van der Waals surface area contributed by atoms with Crippen molar-refractivity contribution in [3.63, 3.8) is 0 Å². The molecule has 0 aliphatic rings. The third-order valence-corrected chi connectivity index (χ3v) is 2.65. The van der Waals surface area contributed by atoms with Crippen LogP contribution in [0.5, 0.6) is 0 Å². The van der Waals surface area contributed by atoms with E-state index in [0.29, 0.717) is 5.02 Å². The van der Waals surface area contributed by atoms with Crippen molar-refractivity contribution in [2.24, 2.45) is 0 Å². The summed E-state index contributed by atoms with van der Waals surface area (Å²) < 4.78 is 0. The Hall–Kier alpha value is -2.73. The number of hydrogen-bond acceptors (Lipinski definition) is 4. The van der Waals surface area contributed by atoms with E-state index in [0.717, 1.165) is 5.56 Å². The zero-order chi connectivity index (χ0) is 15.2. The lowest BCUT2D eigenvalue weighted by Gasteiger charge is -2.03. The van der Waals surface area contributed by atoms with Crippen LogP contribution in [0.3, 0.4) is 0 Å². The lowest BCUT2D eigenvalue weighted by molar-refractivity contribution is -0.111. The molecule has 1 heterocycles. The number of aromatic nitrogens is 2. The third kappa shape index (κ3) is 4.12. The van der Waals surface area contributed by atoms with Gasteiger partial charge >= 0.3 is 5.97 Å². The van der Waals surface area contributed by atoms with Gasteiger partial charge in [-0.2, -0.15) is 0 Å². The fourth-order valence-electron chi connectivity index (χ4n) is 1.53. The molecule has 0 spiro atoms. The van der Waals surface area contributed by atoms with Crippen LogP contribution in [0.25, 0.3) is 6.08 Å². The van der Waals surface area contributed by atoms with Gasteiger partial charge < -0.3 is 10.4 Å². The zero-order valence-electron chi connectivity index (χ0n) is 10.7. The van der Waals surface area contributed by atoms with Crippen LogP contribution in [-0.2, 0) is 4.79 Å². The number of nitrogens with zero attached hydrogens (tertiary/aromatic N) is 2. The Kier molecular flexibility index (Phi) is 4.63. The molecule has 0 unspecified atom stereocenters. The van der Waals surface area contributed by atoms with Crippen molar-refractivity contribution in [3.8, 4) is 0 Å². The minimum Gasteiger partial charge on any atom is -0.476 e. The standard InChI is InChI=1S/C14H10ClN3O3/c15-10-3-1-2-9(8-10)4-5-11(19)18-13-12(14(20)21)16-6-7-17-13/h1-8H,(H,20,21)(H,17,18,19). The molecule has 0 aliphatic heterocycles. The lowest BCUT2D eigenvalue weighted by atomic mass is 10.2. The van der Waals surface area contributed by atoms with E-state index in [2.05, 4.69) is 15.3 Å². The molecular weight excluding hydrogens is 294 g/mol. The van der Waals surface area contributed by atoms with Crippen LogP contribution < -0.4 is 5.32 Å². The van der Waals surface area contributed by atoms with E-state index >= 15 is 0 Å². The molecule has 0 aliphatic carbocycles. The maximum absolute atomic E-state index is 11.8. The Morgan fingerprint density at radius 3 is 2.71 bits per heavy atom. The summed E-state index contributed by atoms with van der Waals surface area (Å²) in [5.74, 6) is -1.89. The highest BCUT2D eigenvalue weighted by Crippen LogP contribution is 2.12. The fraction of sp³-hybridized carbons (Fsp3) is 0. The van der Waals surface area contributed by atoms with Gasteiger partial charge in [0, 0.05) is 23.5 Å². The molecule has 0 saturated heterocycles. The van der Waals surface area contributed by atoms with Crippen molar-refractivity contribution in [2.75, 3.05) is 5.32 Å².